The van der Waals surface area contributed by atoms with Crippen LogP contribution in [-0.2, 0) is 9.78 Å². The van der Waals surface area contributed by atoms with Crippen LogP contribution in [-0.4, -0.2) is 17.4 Å². The van der Waals surface area contributed by atoms with Crippen LogP contribution in [0.25, 0.3) is 0 Å². The first-order valence-corrected chi connectivity index (χ1v) is 9.03. The van der Waals surface area contributed by atoms with Crippen molar-refractivity contribution in [2.75, 3.05) is 0 Å². The van der Waals surface area contributed by atoms with E-state index in [4.69, 9.17) is 9.78 Å². The van der Waals surface area contributed by atoms with Gasteiger partial charge in [0.15, 0.2) is 5.78 Å². The van der Waals surface area contributed by atoms with Crippen LogP contribution in [0.2, 0.25) is 0 Å². The molecule has 2 aromatic rings. The summed E-state index contributed by atoms with van der Waals surface area (Å²) in [4.78, 5) is 35.6. The van der Waals surface area contributed by atoms with Crippen molar-refractivity contribution in [1.29, 1.82) is 0 Å². The van der Waals surface area contributed by atoms with Crippen molar-refractivity contribution in [3.8, 4) is 0 Å². The fraction of sp³-hybridized carbons (Fsp3) is 0.364. The summed E-state index contributed by atoms with van der Waals surface area (Å²) in [5.74, 6) is -0.881. The highest BCUT2D eigenvalue weighted by atomic mass is 17.2. The minimum atomic E-state index is -0.659. The van der Waals surface area contributed by atoms with E-state index in [1.165, 1.54) is 0 Å². The van der Waals surface area contributed by atoms with E-state index in [1.807, 2.05) is 19.9 Å². The van der Waals surface area contributed by atoms with E-state index in [0.717, 1.165) is 25.7 Å². The van der Waals surface area contributed by atoms with Gasteiger partial charge in [-0.2, -0.15) is 4.89 Å². The molecule has 0 aliphatic carbocycles. The van der Waals surface area contributed by atoms with Crippen molar-refractivity contribution in [2.45, 2.75) is 52.1 Å². The van der Waals surface area contributed by atoms with Gasteiger partial charge >= 0.3 is 5.97 Å². The molecule has 4 nitrogen and oxygen atoms in total. The summed E-state index contributed by atoms with van der Waals surface area (Å²) in [5, 5.41) is 0. The quantitative estimate of drug-likeness (QED) is 0.263. The van der Waals surface area contributed by atoms with Crippen molar-refractivity contribution in [2.24, 2.45) is 0 Å². The van der Waals surface area contributed by atoms with Gasteiger partial charge in [0.1, 0.15) is 5.60 Å². The molecule has 0 saturated heterocycles. The highest BCUT2D eigenvalue weighted by molar-refractivity contribution is 6.14. The van der Waals surface area contributed by atoms with Gasteiger partial charge < -0.3 is 0 Å². The summed E-state index contributed by atoms with van der Waals surface area (Å²) < 4.78 is 0. The maximum absolute atomic E-state index is 12.7. The van der Waals surface area contributed by atoms with Crippen molar-refractivity contribution in [3.63, 3.8) is 0 Å². The third-order valence-electron chi connectivity index (χ3n) is 4.15. The first-order valence-electron chi connectivity index (χ1n) is 9.03. The summed E-state index contributed by atoms with van der Waals surface area (Å²) in [6.07, 6.45) is 4.02. The van der Waals surface area contributed by atoms with E-state index in [-0.39, 0.29) is 11.3 Å². The maximum atomic E-state index is 12.7. The third-order valence-corrected chi connectivity index (χ3v) is 4.15. The number of unbranched alkanes of at least 4 members (excludes halogenated alkanes) is 2. The van der Waals surface area contributed by atoms with Gasteiger partial charge in [0.2, 0.25) is 0 Å². The molecule has 0 amide bonds. The number of carbonyl (C=O) groups excluding carboxylic acids is 2. The van der Waals surface area contributed by atoms with Gasteiger partial charge in [-0.25, -0.2) is 4.79 Å². The van der Waals surface area contributed by atoms with Gasteiger partial charge in [0, 0.05) is 11.1 Å². The normalized spacial score (nSPS) is 11.2. The Morgan fingerprint density at radius 2 is 1.50 bits per heavy atom. The van der Waals surface area contributed by atoms with Crippen molar-refractivity contribution in [1.82, 2.24) is 0 Å². The zero-order chi connectivity index (χ0) is 19.0. The predicted octanol–water partition coefficient (Wildman–Crippen LogP) is 5.36. The molecule has 0 N–H and O–H groups in total. The number of hydrogen-bond donors (Lipinski definition) is 0. The number of benzene rings is 2. The first-order chi connectivity index (χ1) is 12.4. The number of rotatable bonds is 9. The fourth-order valence-electron chi connectivity index (χ4n) is 2.64. The van der Waals surface area contributed by atoms with Gasteiger partial charge in [0.25, 0.3) is 0 Å². The van der Waals surface area contributed by atoms with Crippen LogP contribution in [0.1, 0.15) is 72.7 Å². The Bertz CT molecular complexity index is 735. The molecule has 2 aromatic carbocycles. The molecule has 0 unspecified atom stereocenters. The monoisotopic (exact) mass is 354 g/mol. The molecular formula is C22H26O4. The van der Waals surface area contributed by atoms with Crippen LogP contribution in [0.15, 0.2) is 54.6 Å². The van der Waals surface area contributed by atoms with Crippen LogP contribution in [0, 0.1) is 0 Å². The Hall–Kier alpha value is -2.46. The third kappa shape index (κ3) is 5.53. The lowest BCUT2D eigenvalue weighted by atomic mass is 9.98. The molecule has 26 heavy (non-hydrogen) atoms. The number of ketones is 1. The molecule has 0 heterocycles. The fourth-order valence-corrected chi connectivity index (χ4v) is 2.64. The average Bonchev–Trinajstić information content (AvgIpc) is 2.66. The molecule has 0 atom stereocenters. The molecule has 0 aliphatic rings. The summed E-state index contributed by atoms with van der Waals surface area (Å²) in [5.41, 5.74) is 0.457. The molecule has 138 valence electrons. The second-order valence-electron chi connectivity index (χ2n) is 6.91. The Labute approximate surface area is 155 Å². The zero-order valence-corrected chi connectivity index (χ0v) is 15.7. The molecule has 0 radical (unpaired) electrons. The van der Waals surface area contributed by atoms with E-state index < -0.39 is 11.6 Å². The average molecular weight is 354 g/mol. The van der Waals surface area contributed by atoms with E-state index in [2.05, 4.69) is 6.92 Å². The Balaban J connectivity index is 2.09. The molecule has 2 rings (SSSR count). The van der Waals surface area contributed by atoms with E-state index in [9.17, 15) is 9.59 Å². The van der Waals surface area contributed by atoms with Gasteiger partial charge in [-0.05, 0) is 26.3 Å². The van der Waals surface area contributed by atoms with Crippen LogP contribution in [0.5, 0.6) is 0 Å². The smallest absolute Gasteiger partial charge is 0.292 e. The zero-order valence-electron chi connectivity index (χ0n) is 15.7. The van der Waals surface area contributed by atoms with Crippen molar-refractivity contribution in [3.05, 3.63) is 71.3 Å². The first kappa shape index (κ1) is 19.9. The molecule has 4 heteroatoms. The molecule has 0 fully saturated rings. The van der Waals surface area contributed by atoms with Crippen molar-refractivity contribution >= 4 is 11.8 Å². The summed E-state index contributed by atoms with van der Waals surface area (Å²) in [7, 11) is 0. The standard InChI is InChI=1S/C22H26O4/c1-4-5-11-16-22(2,3)26-25-21(24)19-15-10-9-14-18(19)20(23)17-12-7-6-8-13-17/h6-10,12-15H,4-5,11,16H2,1-3H3. The Morgan fingerprint density at radius 3 is 2.15 bits per heavy atom. The summed E-state index contributed by atoms with van der Waals surface area (Å²) in [6, 6.07) is 15.5. The molecule has 0 spiro atoms. The lowest BCUT2D eigenvalue weighted by Crippen LogP contribution is -2.26. The van der Waals surface area contributed by atoms with Crippen LogP contribution in [0.4, 0.5) is 0 Å². The Morgan fingerprint density at radius 1 is 0.885 bits per heavy atom. The lowest BCUT2D eigenvalue weighted by Gasteiger charge is -2.22. The van der Waals surface area contributed by atoms with E-state index in [0.29, 0.717) is 11.1 Å². The van der Waals surface area contributed by atoms with Gasteiger partial charge in [0.05, 0.1) is 5.56 Å². The molecule has 0 saturated carbocycles. The number of hydrogen-bond acceptors (Lipinski definition) is 4. The molecule has 0 bridgehead atoms. The van der Waals surface area contributed by atoms with Gasteiger partial charge in [-0.15, -0.1) is 0 Å². The van der Waals surface area contributed by atoms with Crippen molar-refractivity contribution < 1.29 is 19.4 Å². The van der Waals surface area contributed by atoms with Crippen LogP contribution >= 0.6 is 0 Å². The summed E-state index contributed by atoms with van der Waals surface area (Å²) in [6.45, 7) is 5.91. The molecule has 0 aliphatic heterocycles. The minimum Gasteiger partial charge on any atom is -0.292 e. The number of carbonyl (C=O) groups is 2. The lowest BCUT2D eigenvalue weighted by molar-refractivity contribution is -0.308. The topological polar surface area (TPSA) is 52.6 Å². The maximum Gasteiger partial charge on any atom is 0.373 e. The van der Waals surface area contributed by atoms with E-state index in [1.54, 1.807) is 48.5 Å². The van der Waals surface area contributed by atoms with Crippen LogP contribution in [0.3, 0.4) is 0 Å². The Kier molecular flexibility index (Phi) is 7.10. The highest BCUT2D eigenvalue weighted by Gasteiger charge is 2.24. The SMILES string of the molecule is CCCCCC(C)(C)OOC(=O)c1ccccc1C(=O)c1ccccc1. The summed E-state index contributed by atoms with van der Waals surface area (Å²) >= 11 is 0. The molecular weight excluding hydrogens is 328 g/mol. The second kappa shape index (κ2) is 9.30. The minimum absolute atomic E-state index is 0.200. The van der Waals surface area contributed by atoms with Crippen LogP contribution < -0.4 is 0 Å². The largest absolute Gasteiger partial charge is 0.373 e. The highest BCUT2D eigenvalue weighted by Crippen LogP contribution is 2.21. The second-order valence-corrected chi connectivity index (χ2v) is 6.91. The predicted molar refractivity (Wildman–Crippen MR) is 101 cm³/mol. The van der Waals surface area contributed by atoms with Gasteiger partial charge in [-0.3, -0.25) is 9.68 Å². The van der Waals surface area contributed by atoms with E-state index >= 15 is 0 Å². The van der Waals surface area contributed by atoms with Gasteiger partial charge in [-0.1, -0.05) is 74.7 Å². The molecule has 0 aromatic heterocycles.